The fourth-order valence-corrected chi connectivity index (χ4v) is 3.10. The van der Waals surface area contributed by atoms with Crippen LogP contribution in [0.4, 0.5) is 0 Å². The molecule has 0 aliphatic heterocycles. The third kappa shape index (κ3) is 2.44. The first-order chi connectivity index (χ1) is 7.47. The third-order valence-corrected chi connectivity index (χ3v) is 4.46. The Morgan fingerprint density at radius 3 is 2.62 bits per heavy atom. The van der Waals surface area contributed by atoms with E-state index in [0.717, 1.165) is 14.6 Å². The van der Waals surface area contributed by atoms with E-state index in [1.807, 2.05) is 45.0 Å². The van der Waals surface area contributed by atoms with Crippen LogP contribution in [0, 0.1) is 5.41 Å². The summed E-state index contributed by atoms with van der Waals surface area (Å²) >= 11 is 2.82. The van der Waals surface area contributed by atoms with Gasteiger partial charge >= 0.3 is 0 Å². The van der Waals surface area contributed by atoms with Crippen LogP contribution in [0.2, 0.25) is 0 Å². The molecule has 0 bridgehead atoms. The molecule has 0 N–H and O–H groups in total. The molecule has 0 radical (unpaired) electrons. The Bertz CT molecular complexity index is 492. The second-order valence-corrected chi connectivity index (χ2v) is 6.84. The molecule has 0 aliphatic rings. The van der Waals surface area contributed by atoms with Crippen LogP contribution in [0.25, 0.3) is 10.2 Å². The van der Waals surface area contributed by atoms with E-state index in [0.29, 0.717) is 0 Å². The highest BCUT2D eigenvalue weighted by molar-refractivity contribution is 8.15. The molecule has 16 heavy (non-hydrogen) atoms. The van der Waals surface area contributed by atoms with Gasteiger partial charge in [0.05, 0.1) is 10.2 Å². The minimum atomic E-state index is -0.317. The van der Waals surface area contributed by atoms with Crippen molar-refractivity contribution >= 4 is 38.4 Å². The van der Waals surface area contributed by atoms with Crippen molar-refractivity contribution in [1.82, 2.24) is 4.98 Å². The molecule has 1 heterocycles. The van der Waals surface area contributed by atoms with Crippen molar-refractivity contribution in [3.05, 3.63) is 24.3 Å². The topological polar surface area (TPSA) is 30.0 Å². The van der Waals surface area contributed by atoms with E-state index in [2.05, 4.69) is 4.98 Å². The van der Waals surface area contributed by atoms with Crippen molar-refractivity contribution in [2.24, 2.45) is 5.41 Å². The van der Waals surface area contributed by atoms with Crippen molar-refractivity contribution in [3.8, 4) is 0 Å². The van der Waals surface area contributed by atoms with Crippen molar-refractivity contribution < 1.29 is 4.79 Å². The van der Waals surface area contributed by atoms with E-state index >= 15 is 0 Å². The molecule has 0 amide bonds. The first kappa shape index (κ1) is 11.6. The summed E-state index contributed by atoms with van der Waals surface area (Å²) in [4.78, 5) is 16.3. The molecule has 0 saturated heterocycles. The summed E-state index contributed by atoms with van der Waals surface area (Å²) in [6.07, 6.45) is 0. The van der Waals surface area contributed by atoms with Gasteiger partial charge in [-0.1, -0.05) is 32.9 Å². The van der Waals surface area contributed by atoms with Crippen molar-refractivity contribution in [2.45, 2.75) is 25.1 Å². The molecular formula is C12H13NOS2. The number of fused-ring (bicyclic) bond motifs is 1. The van der Waals surface area contributed by atoms with Gasteiger partial charge in [-0.05, 0) is 23.9 Å². The Balaban J connectivity index is 2.25. The molecule has 0 spiro atoms. The lowest BCUT2D eigenvalue weighted by atomic mass is 10.00. The lowest BCUT2D eigenvalue weighted by molar-refractivity contribution is -0.117. The van der Waals surface area contributed by atoms with Gasteiger partial charge in [-0.25, -0.2) is 4.98 Å². The predicted molar refractivity (Wildman–Crippen MR) is 69.9 cm³/mol. The zero-order valence-corrected chi connectivity index (χ0v) is 11.1. The maximum absolute atomic E-state index is 11.8. The molecule has 4 heteroatoms. The largest absolute Gasteiger partial charge is 0.286 e. The quantitative estimate of drug-likeness (QED) is 0.719. The monoisotopic (exact) mass is 251 g/mol. The molecule has 84 valence electrons. The van der Waals surface area contributed by atoms with Gasteiger partial charge in [0.15, 0.2) is 4.34 Å². The summed E-state index contributed by atoms with van der Waals surface area (Å²) in [5.41, 5.74) is 0.652. The van der Waals surface area contributed by atoms with Crippen molar-refractivity contribution in [2.75, 3.05) is 0 Å². The number of thioether (sulfide) groups is 1. The minimum absolute atomic E-state index is 0.159. The van der Waals surface area contributed by atoms with Gasteiger partial charge in [0, 0.05) is 5.41 Å². The first-order valence-corrected chi connectivity index (χ1v) is 6.68. The van der Waals surface area contributed by atoms with Crippen LogP contribution in [0.15, 0.2) is 28.6 Å². The number of para-hydroxylation sites is 1. The van der Waals surface area contributed by atoms with Crippen molar-refractivity contribution in [3.63, 3.8) is 0 Å². The molecule has 1 aromatic heterocycles. The fraction of sp³-hybridized carbons (Fsp3) is 0.333. The SMILES string of the molecule is CC(C)(C)C(=O)Sc1nc2ccccc2s1. The third-order valence-electron chi connectivity index (χ3n) is 2.07. The van der Waals surface area contributed by atoms with Gasteiger partial charge < -0.3 is 0 Å². The van der Waals surface area contributed by atoms with Crippen molar-refractivity contribution in [1.29, 1.82) is 0 Å². The summed E-state index contributed by atoms with van der Waals surface area (Å²) in [5, 5.41) is 0.159. The van der Waals surface area contributed by atoms with Crippen LogP contribution in [-0.2, 0) is 4.79 Å². The molecule has 2 nitrogen and oxygen atoms in total. The molecule has 2 aromatic rings. The zero-order valence-electron chi connectivity index (χ0n) is 9.48. The maximum Gasteiger partial charge on any atom is 0.201 e. The Morgan fingerprint density at radius 2 is 2.00 bits per heavy atom. The smallest absolute Gasteiger partial charge is 0.201 e. The molecular weight excluding hydrogens is 238 g/mol. The van der Waals surface area contributed by atoms with Gasteiger partial charge in [-0.15, -0.1) is 11.3 Å². The van der Waals surface area contributed by atoms with Gasteiger partial charge in [0.2, 0.25) is 5.12 Å². The number of hydrogen-bond acceptors (Lipinski definition) is 4. The average Bonchev–Trinajstić information content (AvgIpc) is 2.58. The van der Waals surface area contributed by atoms with Crippen LogP contribution in [-0.4, -0.2) is 10.1 Å². The molecule has 1 aromatic carbocycles. The highest BCUT2D eigenvalue weighted by Gasteiger charge is 2.23. The summed E-state index contributed by atoms with van der Waals surface area (Å²) in [6, 6.07) is 7.94. The van der Waals surface area contributed by atoms with Gasteiger partial charge in [0.1, 0.15) is 0 Å². The summed E-state index contributed by atoms with van der Waals surface area (Å²) in [5.74, 6) is 0. The number of rotatable bonds is 1. The number of hydrogen-bond donors (Lipinski definition) is 0. The van der Waals surface area contributed by atoms with E-state index < -0.39 is 0 Å². The highest BCUT2D eigenvalue weighted by Crippen LogP contribution is 2.34. The highest BCUT2D eigenvalue weighted by atomic mass is 32.2. The standard InChI is InChI=1S/C12H13NOS2/c1-12(2,3)10(14)16-11-13-8-6-4-5-7-9(8)15-11/h4-7H,1-3H3. The predicted octanol–water partition coefficient (Wildman–Crippen LogP) is 3.96. The summed E-state index contributed by atoms with van der Waals surface area (Å²) in [6.45, 7) is 5.78. The normalized spacial score (nSPS) is 11.9. The zero-order chi connectivity index (χ0) is 11.8. The molecule has 2 rings (SSSR count). The number of nitrogens with zero attached hydrogens (tertiary/aromatic N) is 1. The first-order valence-electron chi connectivity index (χ1n) is 5.05. The van der Waals surface area contributed by atoms with Gasteiger partial charge in [0.25, 0.3) is 0 Å². The minimum Gasteiger partial charge on any atom is -0.286 e. The van der Waals surface area contributed by atoms with E-state index in [-0.39, 0.29) is 10.5 Å². The lowest BCUT2D eigenvalue weighted by Crippen LogP contribution is -2.15. The van der Waals surface area contributed by atoms with Crippen LogP contribution in [0.1, 0.15) is 20.8 Å². The van der Waals surface area contributed by atoms with Crippen LogP contribution in [0.3, 0.4) is 0 Å². The fourth-order valence-electron chi connectivity index (χ4n) is 1.13. The van der Waals surface area contributed by atoms with Crippen LogP contribution < -0.4 is 0 Å². The number of thiazole rings is 1. The number of carbonyl (C=O) groups is 1. The van der Waals surface area contributed by atoms with E-state index in [1.54, 1.807) is 11.3 Å². The number of carbonyl (C=O) groups excluding carboxylic acids is 1. The molecule has 0 atom stereocenters. The Morgan fingerprint density at radius 1 is 1.31 bits per heavy atom. The van der Waals surface area contributed by atoms with E-state index in [1.165, 1.54) is 11.8 Å². The Labute approximate surface area is 103 Å². The average molecular weight is 251 g/mol. The molecule has 0 saturated carbocycles. The van der Waals surface area contributed by atoms with E-state index in [9.17, 15) is 4.79 Å². The van der Waals surface area contributed by atoms with Crippen LogP contribution in [0.5, 0.6) is 0 Å². The van der Waals surface area contributed by atoms with Gasteiger partial charge in [-0.2, -0.15) is 0 Å². The van der Waals surface area contributed by atoms with Gasteiger partial charge in [-0.3, -0.25) is 4.79 Å². The van der Waals surface area contributed by atoms with Crippen LogP contribution >= 0.6 is 23.1 Å². The number of benzene rings is 1. The maximum atomic E-state index is 11.8. The lowest BCUT2D eigenvalue weighted by Gasteiger charge is -2.13. The Kier molecular flexibility index (Phi) is 3.04. The van der Waals surface area contributed by atoms with E-state index in [4.69, 9.17) is 0 Å². The second kappa shape index (κ2) is 4.18. The summed E-state index contributed by atoms with van der Waals surface area (Å²) in [7, 11) is 0. The molecule has 0 fully saturated rings. The molecule has 0 aliphatic carbocycles. The molecule has 0 unspecified atom stereocenters. The second-order valence-electron chi connectivity index (χ2n) is 4.59. The summed E-state index contributed by atoms with van der Waals surface area (Å²) < 4.78 is 1.97. The number of aromatic nitrogens is 1. The Hall–Kier alpha value is -0.870.